The molecule has 0 radical (unpaired) electrons. The SMILES string of the molecule is CCOC(=O)c1c(-c2ccc(Cl)cc2)noc1N. The lowest BCUT2D eigenvalue weighted by molar-refractivity contribution is 0.0528. The van der Waals surface area contributed by atoms with Gasteiger partial charge < -0.3 is 15.0 Å². The van der Waals surface area contributed by atoms with Crippen LogP contribution in [0.5, 0.6) is 0 Å². The number of anilines is 1. The van der Waals surface area contributed by atoms with Crippen molar-refractivity contribution in [2.24, 2.45) is 0 Å². The third-order valence-corrected chi connectivity index (χ3v) is 2.57. The Balaban J connectivity index is 2.45. The van der Waals surface area contributed by atoms with E-state index in [2.05, 4.69) is 5.16 Å². The van der Waals surface area contributed by atoms with Crippen LogP contribution in [0, 0.1) is 0 Å². The van der Waals surface area contributed by atoms with E-state index in [1.54, 1.807) is 31.2 Å². The Morgan fingerprint density at radius 3 is 2.72 bits per heavy atom. The summed E-state index contributed by atoms with van der Waals surface area (Å²) in [5, 5.41) is 4.37. The summed E-state index contributed by atoms with van der Waals surface area (Å²) in [5.41, 5.74) is 6.75. The molecule has 6 heteroatoms. The number of carbonyl (C=O) groups excluding carboxylic acids is 1. The second-order valence-corrected chi connectivity index (χ2v) is 3.93. The fourth-order valence-electron chi connectivity index (χ4n) is 1.51. The van der Waals surface area contributed by atoms with Crippen molar-refractivity contribution in [2.45, 2.75) is 6.92 Å². The Morgan fingerprint density at radius 1 is 1.44 bits per heavy atom. The number of nitrogens with two attached hydrogens (primary N) is 1. The van der Waals surface area contributed by atoms with Gasteiger partial charge in [-0.1, -0.05) is 28.9 Å². The van der Waals surface area contributed by atoms with Gasteiger partial charge >= 0.3 is 5.97 Å². The van der Waals surface area contributed by atoms with Gasteiger partial charge in [-0.15, -0.1) is 0 Å². The maximum atomic E-state index is 11.8. The van der Waals surface area contributed by atoms with Crippen molar-refractivity contribution in [1.29, 1.82) is 0 Å². The van der Waals surface area contributed by atoms with E-state index in [0.717, 1.165) is 0 Å². The van der Waals surface area contributed by atoms with Crippen LogP contribution in [0.1, 0.15) is 17.3 Å². The van der Waals surface area contributed by atoms with Crippen LogP contribution in [0.3, 0.4) is 0 Å². The van der Waals surface area contributed by atoms with Crippen LogP contribution in [0.2, 0.25) is 5.02 Å². The van der Waals surface area contributed by atoms with E-state index in [9.17, 15) is 4.79 Å². The number of aromatic nitrogens is 1. The van der Waals surface area contributed by atoms with Gasteiger partial charge in [0.05, 0.1) is 6.61 Å². The number of esters is 1. The molecule has 0 spiro atoms. The number of nitrogen functional groups attached to an aromatic ring is 1. The molecule has 0 saturated carbocycles. The maximum Gasteiger partial charge on any atom is 0.346 e. The van der Waals surface area contributed by atoms with Gasteiger partial charge in [0.15, 0.2) is 5.56 Å². The van der Waals surface area contributed by atoms with Crippen molar-refractivity contribution in [1.82, 2.24) is 5.16 Å². The van der Waals surface area contributed by atoms with E-state index in [1.807, 2.05) is 0 Å². The highest BCUT2D eigenvalue weighted by Crippen LogP contribution is 2.28. The number of benzene rings is 1. The molecule has 0 amide bonds. The molecule has 2 aromatic rings. The molecule has 0 unspecified atom stereocenters. The molecular weight excluding hydrogens is 256 g/mol. The van der Waals surface area contributed by atoms with E-state index < -0.39 is 5.97 Å². The van der Waals surface area contributed by atoms with Crippen molar-refractivity contribution < 1.29 is 14.1 Å². The van der Waals surface area contributed by atoms with Crippen molar-refractivity contribution in [2.75, 3.05) is 12.3 Å². The van der Waals surface area contributed by atoms with Crippen molar-refractivity contribution in [3.8, 4) is 11.3 Å². The third-order valence-electron chi connectivity index (χ3n) is 2.32. The zero-order valence-electron chi connectivity index (χ0n) is 9.64. The van der Waals surface area contributed by atoms with Crippen LogP contribution < -0.4 is 5.73 Å². The average Bonchev–Trinajstić information content (AvgIpc) is 2.72. The van der Waals surface area contributed by atoms with Gasteiger partial charge in [-0.05, 0) is 19.1 Å². The smallest absolute Gasteiger partial charge is 0.346 e. The van der Waals surface area contributed by atoms with Crippen LogP contribution in [-0.2, 0) is 4.74 Å². The third kappa shape index (κ3) is 2.31. The van der Waals surface area contributed by atoms with Gasteiger partial charge in [-0.2, -0.15) is 0 Å². The maximum absolute atomic E-state index is 11.8. The van der Waals surface area contributed by atoms with E-state index in [1.165, 1.54) is 0 Å². The normalized spacial score (nSPS) is 10.3. The van der Waals surface area contributed by atoms with E-state index in [-0.39, 0.29) is 18.1 Å². The predicted molar refractivity (Wildman–Crippen MR) is 67.3 cm³/mol. The largest absolute Gasteiger partial charge is 0.462 e. The number of hydrogen-bond acceptors (Lipinski definition) is 5. The summed E-state index contributed by atoms with van der Waals surface area (Å²) in [4.78, 5) is 11.8. The summed E-state index contributed by atoms with van der Waals surface area (Å²) in [6, 6.07) is 6.83. The van der Waals surface area contributed by atoms with Gasteiger partial charge in [-0.3, -0.25) is 0 Å². The first-order chi connectivity index (χ1) is 8.63. The van der Waals surface area contributed by atoms with E-state index in [0.29, 0.717) is 16.3 Å². The summed E-state index contributed by atoms with van der Waals surface area (Å²) in [6.07, 6.45) is 0. The first-order valence-electron chi connectivity index (χ1n) is 5.31. The van der Waals surface area contributed by atoms with Gasteiger partial charge in [-0.25, -0.2) is 4.79 Å². The van der Waals surface area contributed by atoms with Crippen molar-refractivity contribution >= 4 is 23.5 Å². The molecule has 5 nitrogen and oxygen atoms in total. The minimum atomic E-state index is -0.554. The van der Waals surface area contributed by atoms with Crippen LogP contribution in [0.4, 0.5) is 5.88 Å². The summed E-state index contributed by atoms with van der Waals surface area (Å²) in [5.74, 6) is -0.611. The Labute approximate surface area is 108 Å². The fraction of sp³-hybridized carbons (Fsp3) is 0.167. The zero-order valence-corrected chi connectivity index (χ0v) is 10.4. The van der Waals surface area contributed by atoms with Crippen molar-refractivity contribution in [3.63, 3.8) is 0 Å². The van der Waals surface area contributed by atoms with Gasteiger partial charge in [0.25, 0.3) is 0 Å². The summed E-state index contributed by atoms with van der Waals surface area (Å²) in [6.45, 7) is 1.97. The molecule has 0 aliphatic heterocycles. The minimum Gasteiger partial charge on any atom is -0.462 e. The summed E-state index contributed by atoms with van der Waals surface area (Å²) >= 11 is 5.80. The number of halogens is 1. The monoisotopic (exact) mass is 266 g/mol. The molecule has 1 heterocycles. The quantitative estimate of drug-likeness (QED) is 0.864. The lowest BCUT2D eigenvalue weighted by Gasteiger charge is -2.02. The molecule has 0 fully saturated rings. The number of rotatable bonds is 3. The Hall–Kier alpha value is -2.01. The molecule has 18 heavy (non-hydrogen) atoms. The Morgan fingerprint density at radius 2 is 2.11 bits per heavy atom. The van der Waals surface area contributed by atoms with Crippen LogP contribution >= 0.6 is 11.6 Å². The lowest BCUT2D eigenvalue weighted by Crippen LogP contribution is -2.07. The molecule has 0 atom stereocenters. The molecule has 0 aliphatic rings. The predicted octanol–water partition coefficient (Wildman–Crippen LogP) is 2.75. The first kappa shape index (κ1) is 12.4. The van der Waals surface area contributed by atoms with E-state index in [4.69, 9.17) is 26.6 Å². The average molecular weight is 267 g/mol. The Kier molecular flexibility index (Phi) is 3.53. The molecule has 0 saturated heterocycles. The molecule has 0 aliphatic carbocycles. The minimum absolute atomic E-state index is 0.0570. The lowest BCUT2D eigenvalue weighted by atomic mass is 10.1. The molecule has 1 aromatic heterocycles. The van der Waals surface area contributed by atoms with Crippen molar-refractivity contribution in [3.05, 3.63) is 34.9 Å². The summed E-state index contributed by atoms with van der Waals surface area (Å²) < 4.78 is 9.75. The number of hydrogen-bond donors (Lipinski definition) is 1. The topological polar surface area (TPSA) is 78.3 Å². The molecule has 2 N–H and O–H groups in total. The van der Waals surface area contributed by atoms with Gasteiger partial charge in [0, 0.05) is 10.6 Å². The highest BCUT2D eigenvalue weighted by atomic mass is 35.5. The fourth-order valence-corrected chi connectivity index (χ4v) is 1.63. The zero-order chi connectivity index (χ0) is 13.1. The van der Waals surface area contributed by atoms with Crippen LogP contribution in [-0.4, -0.2) is 17.7 Å². The van der Waals surface area contributed by atoms with E-state index >= 15 is 0 Å². The molecular formula is C12H11ClN2O3. The Bertz CT molecular complexity index is 563. The van der Waals surface area contributed by atoms with Crippen LogP contribution in [0.15, 0.2) is 28.8 Å². The molecule has 94 valence electrons. The summed E-state index contributed by atoms with van der Waals surface area (Å²) in [7, 11) is 0. The van der Waals surface area contributed by atoms with Gasteiger partial charge in [0.2, 0.25) is 5.88 Å². The molecule has 1 aromatic carbocycles. The second kappa shape index (κ2) is 5.10. The number of ether oxygens (including phenoxy) is 1. The standard InChI is InChI=1S/C12H11ClN2O3/c1-2-17-12(16)9-10(15-18-11(9)14)7-3-5-8(13)6-4-7/h3-6H,2,14H2,1H3. The van der Waals surface area contributed by atoms with Crippen LogP contribution in [0.25, 0.3) is 11.3 Å². The molecule has 2 rings (SSSR count). The first-order valence-corrected chi connectivity index (χ1v) is 5.69. The van der Waals surface area contributed by atoms with Gasteiger partial charge in [0.1, 0.15) is 5.69 Å². The number of nitrogens with zero attached hydrogens (tertiary/aromatic N) is 1. The second-order valence-electron chi connectivity index (χ2n) is 3.50. The highest BCUT2D eigenvalue weighted by molar-refractivity contribution is 6.30. The highest BCUT2D eigenvalue weighted by Gasteiger charge is 2.23. The number of carbonyl (C=O) groups is 1. The molecule has 0 bridgehead atoms.